The first-order valence-corrected chi connectivity index (χ1v) is 15.0. The molecule has 8 nitrogen and oxygen atoms in total. The zero-order chi connectivity index (χ0) is 27.6. The number of piperazine rings is 1. The molecule has 3 amide bonds. The van der Waals surface area contributed by atoms with Gasteiger partial charge in [-0.25, -0.2) is 4.98 Å². The van der Waals surface area contributed by atoms with Gasteiger partial charge >= 0.3 is 0 Å². The SMILES string of the molecule is CC(C)N(CC(=O)Nc1nc(CC(=O)N2CCN(CC=Cc3ccccc3)CC2)cs1)C(=O)C1CCCCC1. The molecule has 1 N–H and O–H groups in total. The van der Waals surface area contributed by atoms with Crippen LogP contribution in [0.4, 0.5) is 5.13 Å². The van der Waals surface area contributed by atoms with Gasteiger partial charge in [0, 0.05) is 50.1 Å². The number of thiazole rings is 1. The topological polar surface area (TPSA) is 85.8 Å². The van der Waals surface area contributed by atoms with Crippen LogP contribution in [0.3, 0.4) is 0 Å². The second kappa shape index (κ2) is 14.4. The molecule has 1 saturated heterocycles. The van der Waals surface area contributed by atoms with Crippen molar-refractivity contribution in [1.82, 2.24) is 19.7 Å². The second-order valence-electron chi connectivity index (χ2n) is 10.8. The van der Waals surface area contributed by atoms with Crippen molar-refractivity contribution < 1.29 is 14.4 Å². The minimum Gasteiger partial charge on any atom is -0.340 e. The predicted octanol–water partition coefficient (Wildman–Crippen LogP) is 4.30. The van der Waals surface area contributed by atoms with Crippen LogP contribution in [0.2, 0.25) is 0 Å². The standard InChI is InChI=1S/C30H41N5O3S/c1-23(2)35(29(38)25-13-7-4-8-14-25)21-27(36)32-30-31-26(22-39-30)20-28(37)34-18-16-33(17-19-34)15-9-12-24-10-5-3-6-11-24/h3,5-6,9-12,22-23,25H,4,7-8,13-21H2,1-2H3,(H,31,32,36). The van der Waals surface area contributed by atoms with E-state index in [1.807, 2.05) is 42.3 Å². The molecule has 2 aliphatic rings. The summed E-state index contributed by atoms with van der Waals surface area (Å²) in [6.45, 7) is 7.87. The van der Waals surface area contributed by atoms with Crippen molar-refractivity contribution in [3.8, 4) is 0 Å². The fourth-order valence-corrected chi connectivity index (χ4v) is 5.93. The third-order valence-electron chi connectivity index (χ3n) is 7.50. The third-order valence-corrected chi connectivity index (χ3v) is 8.31. The van der Waals surface area contributed by atoms with E-state index in [-0.39, 0.29) is 42.6 Å². The highest BCUT2D eigenvalue weighted by atomic mass is 32.1. The van der Waals surface area contributed by atoms with Crippen molar-refractivity contribution in [3.63, 3.8) is 0 Å². The average Bonchev–Trinajstić information content (AvgIpc) is 3.39. The van der Waals surface area contributed by atoms with Gasteiger partial charge in [-0.2, -0.15) is 0 Å². The van der Waals surface area contributed by atoms with Gasteiger partial charge in [0.2, 0.25) is 17.7 Å². The molecule has 0 bridgehead atoms. The zero-order valence-electron chi connectivity index (χ0n) is 23.2. The summed E-state index contributed by atoms with van der Waals surface area (Å²) in [6, 6.07) is 10.2. The van der Waals surface area contributed by atoms with Crippen molar-refractivity contribution in [2.45, 2.75) is 58.4 Å². The van der Waals surface area contributed by atoms with E-state index < -0.39 is 0 Å². The van der Waals surface area contributed by atoms with Crippen LogP contribution in [-0.4, -0.2) is 82.7 Å². The Morgan fingerprint density at radius 2 is 1.79 bits per heavy atom. The van der Waals surface area contributed by atoms with Crippen LogP contribution < -0.4 is 5.32 Å². The van der Waals surface area contributed by atoms with E-state index in [9.17, 15) is 14.4 Å². The number of benzene rings is 1. The Labute approximate surface area is 236 Å². The molecule has 0 unspecified atom stereocenters. The molecule has 2 fully saturated rings. The van der Waals surface area contributed by atoms with E-state index in [0.29, 0.717) is 23.9 Å². The monoisotopic (exact) mass is 551 g/mol. The first-order chi connectivity index (χ1) is 18.9. The molecule has 1 aliphatic carbocycles. The van der Waals surface area contributed by atoms with E-state index >= 15 is 0 Å². The quantitative estimate of drug-likeness (QED) is 0.476. The van der Waals surface area contributed by atoms with Crippen LogP contribution in [0, 0.1) is 5.92 Å². The summed E-state index contributed by atoms with van der Waals surface area (Å²) >= 11 is 1.31. The van der Waals surface area contributed by atoms with Gasteiger partial charge in [-0.15, -0.1) is 11.3 Å². The maximum atomic E-state index is 13.0. The molecule has 4 rings (SSSR count). The Hall–Kier alpha value is -3.04. The molecule has 2 aromatic rings. The van der Waals surface area contributed by atoms with Gasteiger partial charge in [0.15, 0.2) is 5.13 Å². The summed E-state index contributed by atoms with van der Waals surface area (Å²) < 4.78 is 0. The molecule has 1 saturated carbocycles. The van der Waals surface area contributed by atoms with E-state index in [2.05, 4.69) is 39.5 Å². The van der Waals surface area contributed by atoms with Gasteiger partial charge in [0.1, 0.15) is 6.54 Å². The van der Waals surface area contributed by atoms with Crippen LogP contribution in [0.25, 0.3) is 6.08 Å². The minimum atomic E-state index is -0.252. The van der Waals surface area contributed by atoms with Gasteiger partial charge in [0.05, 0.1) is 12.1 Å². The van der Waals surface area contributed by atoms with Crippen molar-refractivity contribution in [2.24, 2.45) is 5.92 Å². The molecule has 210 valence electrons. The predicted molar refractivity (Wildman–Crippen MR) is 156 cm³/mol. The summed E-state index contributed by atoms with van der Waals surface area (Å²) in [5.41, 5.74) is 1.85. The molecule has 2 heterocycles. The molecular formula is C30H41N5O3S. The molecule has 0 atom stereocenters. The number of hydrogen-bond donors (Lipinski definition) is 1. The number of carbonyl (C=O) groups excluding carboxylic acids is 3. The van der Waals surface area contributed by atoms with Crippen LogP contribution in [-0.2, 0) is 20.8 Å². The molecule has 0 spiro atoms. The smallest absolute Gasteiger partial charge is 0.245 e. The van der Waals surface area contributed by atoms with E-state index in [1.54, 1.807) is 4.90 Å². The maximum Gasteiger partial charge on any atom is 0.245 e. The molecule has 39 heavy (non-hydrogen) atoms. The van der Waals surface area contributed by atoms with Crippen LogP contribution in [0.5, 0.6) is 0 Å². The highest BCUT2D eigenvalue weighted by Gasteiger charge is 2.29. The molecule has 0 radical (unpaired) electrons. The van der Waals surface area contributed by atoms with E-state index in [4.69, 9.17) is 0 Å². The minimum absolute atomic E-state index is 0.0195. The van der Waals surface area contributed by atoms with Gasteiger partial charge in [-0.3, -0.25) is 19.3 Å². The van der Waals surface area contributed by atoms with Crippen molar-refractivity contribution in [1.29, 1.82) is 0 Å². The fourth-order valence-electron chi connectivity index (χ4n) is 5.21. The van der Waals surface area contributed by atoms with Gasteiger partial charge in [0.25, 0.3) is 0 Å². The zero-order valence-corrected chi connectivity index (χ0v) is 24.0. The average molecular weight is 552 g/mol. The van der Waals surface area contributed by atoms with Crippen LogP contribution >= 0.6 is 11.3 Å². The molecule has 9 heteroatoms. The van der Waals surface area contributed by atoms with Gasteiger partial charge < -0.3 is 15.1 Å². The Morgan fingerprint density at radius 3 is 2.49 bits per heavy atom. The van der Waals surface area contributed by atoms with Crippen molar-refractivity contribution in [2.75, 3.05) is 44.6 Å². The second-order valence-corrected chi connectivity index (χ2v) is 11.6. The molecule has 1 aliphatic heterocycles. The fraction of sp³-hybridized carbons (Fsp3) is 0.533. The Balaban J connectivity index is 1.20. The lowest BCUT2D eigenvalue weighted by Gasteiger charge is -2.34. The summed E-state index contributed by atoms with van der Waals surface area (Å²) in [4.78, 5) is 49.0. The summed E-state index contributed by atoms with van der Waals surface area (Å²) in [5.74, 6) is -0.0872. The lowest BCUT2D eigenvalue weighted by atomic mass is 9.88. The Bertz CT molecular complexity index is 1120. The van der Waals surface area contributed by atoms with Crippen molar-refractivity contribution in [3.05, 3.63) is 53.0 Å². The third kappa shape index (κ3) is 8.73. The first kappa shape index (κ1) is 29.0. The van der Waals surface area contributed by atoms with Crippen molar-refractivity contribution >= 4 is 40.3 Å². The van der Waals surface area contributed by atoms with Gasteiger partial charge in [-0.1, -0.05) is 61.7 Å². The number of anilines is 1. The number of amides is 3. The highest BCUT2D eigenvalue weighted by molar-refractivity contribution is 7.13. The lowest BCUT2D eigenvalue weighted by Crippen LogP contribution is -2.49. The van der Waals surface area contributed by atoms with E-state index in [0.717, 1.165) is 45.3 Å². The summed E-state index contributed by atoms with van der Waals surface area (Å²) in [6.07, 6.45) is 9.69. The Kier molecular flexibility index (Phi) is 10.7. The Morgan fingerprint density at radius 1 is 1.08 bits per heavy atom. The first-order valence-electron chi connectivity index (χ1n) is 14.2. The summed E-state index contributed by atoms with van der Waals surface area (Å²) in [7, 11) is 0. The van der Waals surface area contributed by atoms with Crippen LogP contribution in [0.15, 0.2) is 41.8 Å². The molecule has 1 aromatic heterocycles. The lowest BCUT2D eigenvalue weighted by molar-refractivity contribution is -0.141. The number of hydrogen-bond acceptors (Lipinski definition) is 6. The van der Waals surface area contributed by atoms with Gasteiger partial charge in [-0.05, 0) is 32.3 Å². The van der Waals surface area contributed by atoms with E-state index in [1.165, 1.54) is 23.3 Å². The normalized spacial score (nSPS) is 17.1. The largest absolute Gasteiger partial charge is 0.340 e. The number of nitrogens with zero attached hydrogens (tertiary/aromatic N) is 4. The number of aromatic nitrogens is 1. The highest BCUT2D eigenvalue weighted by Crippen LogP contribution is 2.26. The number of carbonyl (C=O) groups is 3. The molecule has 1 aromatic carbocycles. The number of rotatable bonds is 10. The van der Waals surface area contributed by atoms with Crippen LogP contribution in [0.1, 0.15) is 57.2 Å². The number of nitrogens with one attached hydrogen (secondary N) is 1. The summed E-state index contributed by atoms with van der Waals surface area (Å²) in [5, 5.41) is 5.12. The maximum absolute atomic E-state index is 13.0. The molecular weight excluding hydrogens is 510 g/mol.